The molecule has 0 aromatic carbocycles. The number of morpholine rings is 1. The first-order valence-electron chi connectivity index (χ1n) is 10.1. The first-order chi connectivity index (χ1) is 15.6. The molecule has 12 heteroatoms. The van der Waals surface area contributed by atoms with Crippen LogP contribution in [0.1, 0.15) is 10.4 Å². The zero-order valence-corrected chi connectivity index (χ0v) is 18.7. The molecule has 2 aliphatic heterocycles. The van der Waals surface area contributed by atoms with E-state index in [1.54, 1.807) is 17.5 Å². The summed E-state index contributed by atoms with van der Waals surface area (Å²) in [6.07, 6.45) is -1.41. The van der Waals surface area contributed by atoms with Crippen LogP contribution in [-0.4, -0.2) is 78.1 Å². The third-order valence-corrected chi connectivity index (χ3v) is 6.07. The van der Waals surface area contributed by atoms with Crippen LogP contribution in [0, 0.1) is 6.92 Å². The van der Waals surface area contributed by atoms with Gasteiger partial charge in [0.05, 0.1) is 24.8 Å². The zero-order valence-electron chi connectivity index (χ0n) is 17.9. The summed E-state index contributed by atoms with van der Waals surface area (Å²) < 4.78 is 43.7. The first-order valence-corrected chi connectivity index (χ1v) is 10.9. The minimum absolute atomic E-state index is 0.0144. The number of carboxylic acid groups (broad SMARTS) is 1. The van der Waals surface area contributed by atoms with Gasteiger partial charge in [-0.25, -0.2) is 4.79 Å². The summed E-state index contributed by atoms with van der Waals surface area (Å²) in [5.41, 5.74) is 0.673. The molecule has 1 unspecified atom stereocenters. The number of halogens is 3. The van der Waals surface area contributed by atoms with Crippen LogP contribution in [0.25, 0.3) is 0 Å². The number of ether oxygens (including phenoxy) is 2. The van der Waals surface area contributed by atoms with Crippen LogP contribution < -0.4 is 4.90 Å². The van der Waals surface area contributed by atoms with Crippen molar-refractivity contribution in [2.45, 2.75) is 25.2 Å². The van der Waals surface area contributed by atoms with E-state index in [1.807, 2.05) is 29.3 Å². The number of thiophene rings is 1. The van der Waals surface area contributed by atoms with Gasteiger partial charge < -0.3 is 14.6 Å². The summed E-state index contributed by atoms with van der Waals surface area (Å²) in [5.74, 6) is -2.74. The Hall–Kier alpha value is -2.54. The van der Waals surface area contributed by atoms with Crippen LogP contribution in [0.4, 0.5) is 18.2 Å². The number of alkyl halides is 3. The fraction of sp³-hybridized carbons (Fsp3) is 0.476. The van der Waals surface area contributed by atoms with Crippen LogP contribution in [0.15, 0.2) is 36.7 Å². The molecule has 2 aromatic heterocycles. The number of carbonyl (C=O) groups is 2. The van der Waals surface area contributed by atoms with Gasteiger partial charge in [0.25, 0.3) is 5.91 Å². The van der Waals surface area contributed by atoms with Crippen molar-refractivity contribution < 1.29 is 37.3 Å². The average molecular weight is 488 g/mol. The molecule has 2 aromatic rings. The number of rotatable bonds is 3. The van der Waals surface area contributed by atoms with Gasteiger partial charge in [-0.1, -0.05) is 6.07 Å². The molecule has 1 spiro atoms. The second kappa shape index (κ2) is 10.6. The summed E-state index contributed by atoms with van der Waals surface area (Å²) in [6.45, 7) is 6.22. The lowest BCUT2D eigenvalue weighted by Crippen LogP contribution is -2.60. The highest BCUT2D eigenvalue weighted by Gasteiger charge is 2.43. The van der Waals surface area contributed by atoms with Crippen molar-refractivity contribution in [1.82, 2.24) is 9.88 Å². The molecule has 2 fully saturated rings. The van der Waals surface area contributed by atoms with Crippen molar-refractivity contribution in [3.05, 3.63) is 47.1 Å². The first kappa shape index (κ1) is 25.1. The van der Waals surface area contributed by atoms with Crippen LogP contribution in [0.2, 0.25) is 0 Å². The topological polar surface area (TPSA) is 92.2 Å². The lowest BCUT2D eigenvalue weighted by molar-refractivity contribution is -0.192. The number of aliphatic carboxylic acids is 1. The van der Waals surface area contributed by atoms with Crippen molar-refractivity contribution in [2.24, 2.45) is 0 Å². The van der Waals surface area contributed by atoms with Crippen molar-refractivity contribution in [2.75, 3.05) is 44.4 Å². The standard InChI is InChI=1S/C19H23N3O3S.C2HF3O2/c1-15-4-5-18(26-15)22-13-19(25-11-17(22)23)12-21(7-8-24-14-19)10-16-3-2-6-20-9-16;3-2(4,5)1(6)7/h2-6,9H,7-8,10-14H2,1H3;(H,6,7). The number of hydrogen-bond acceptors (Lipinski definition) is 7. The summed E-state index contributed by atoms with van der Waals surface area (Å²) in [6, 6.07) is 8.10. The number of pyridine rings is 1. The molecular formula is C21H24F3N3O5S. The monoisotopic (exact) mass is 487 g/mol. The minimum atomic E-state index is -5.08. The van der Waals surface area contributed by atoms with Crippen molar-refractivity contribution in [3.8, 4) is 0 Å². The Labute approximate surface area is 192 Å². The molecule has 2 saturated heterocycles. The van der Waals surface area contributed by atoms with E-state index in [0.29, 0.717) is 19.8 Å². The van der Waals surface area contributed by atoms with Gasteiger partial charge in [-0.05, 0) is 30.7 Å². The Bertz CT molecular complexity index is 956. The van der Waals surface area contributed by atoms with E-state index >= 15 is 0 Å². The largest absolute Gasteiger partial charge is 0.490 e. The van der Waals surface area contributed by atoms with Gasteiger partial charge in [-0.15, -0.1) is 11.3 Å². The second-order valence-electron chi connectivity index (χ2n) is 7.76. The molecule has 8 nitrogen and oxygen atoms in total. The number of aryl methyl sites for hydroxylation is 1. The minimum Gasteiger partial charge on any atom is -0.475 e. The number of aromatic nitrogens is 1. The number of hydrogen-bond donors (Lipinski definition) is 1. The number of carbonyl (C=O) groups excluding carboxylic acids is 1. The van der Waals surface area contributed by atoms with Gasteiger partial charge in [-0.3, -0.25) is 19.6 Å². The SMILES string of the molecule is Cc1ccc(N2CC3(COCCN(Cc4cccnc4)C3)OCC2=O)s1.O=C(O)C(F)(F)F. The Morgan fingerprint density at radius 1 is 1.30 bits per heavy atom. The van der Waals surface area contributed by atoms with E-state index in [1.165, 1.54) is 10.4 Å². The molecule has 180 valence electrons. The molecule has 2 aliphatic rings. The number of nitrogens with zero attached hydrogens (tertiary/aromatic N) is 3. The van der Waals surface area contributed by atoms with Crippen LogP contribution >= 0.6 is 11.3 Å². The van der Waals surface area contributed by atoms with E-state index in [2.05, 4.69) is 22.9 Å². The fourth-order valence-corrected chi connectivity index (χ4v) is 4.41. The van der Waals surface area contributed by atoms with Crippen LogP contribution in [0.3, 0.4) is 0 Å². The smallest absolute Gasteiger partial charge is 0.475 e. The van der Waals surface area contributed by atoms with E-state index in [4.69, 9.17) is 19.4 Å². The zero-order chi connectivity index (χ0) is 24.1. The lowest BCUT2D eigenvalue weighted by atomic mass is 10.0. The van der Waals surface area contributed by atoms with Crippen molar-refractivity contribution in [3.63, 3.8) is 0 Å². The summed E-state index contributed by atoms with van der Waals surface area (Å²) >= 11 is 1.64. The van der Waals surface area contributed by atoms with Gasteiger partial charge in [0.1, 0.15) is 12.2 Å². The molecule has 1 atom stereocenters. The lowest BCUT2D eigenvalue weighted by Gasteiger charge is -2.42. The third kappa shape index (κ3) is 6.97. The summed E-state index contributed by atoms with van der Waals surface area (Å²) in [5, 5.41) is 8.11. The van der Waals surface area contributed by atoms with Gasteiger partial charge in [0.2, 0.25) is 0 Å². The molecule has 33 heavy (non-hydrogen) atoms. The third-order valence-electron chi connectivity index (χ3n) is 5.04. The molecule has 0 radical (unpaired) electrons. The van der Waals surface area contributed by atoms with Crippen LogP contribution in [0.5, 0.6) is 0 Å². The molecule has 0 aliphatic carbocycles. The maximum Gasteiger partial charge on any atom is 0.490 e. The Balaban J connectivity index is 0.000000383. The van der Waals surface area contributed by atoms with Crippen molar-refractivity contribution >= 4 is 28.2 Å². The Kier molecular flexibility index (Phi) is 8.05. The maximum atomic E-state index is 12.4. The predicted octanol–water partition coefficient (Wildman–Crippen LogP) is 2.72. The molecular weight excluding hydrogens is 463 g/mol. The number of anilines is 1. The Morgan fingerprint density at radius 3 is 2.67 bits per heavy atom. The van der Waals surface area contributed by atoms with E-state index < -0.39 is 17.7 Å². The maximum absolute atomic E-state index is 12.4. The second-order valence-corrected chi connectivity index (χ2v) is 9.03. The number of amides is 1. The normalized spacial score (nSPS) is 21.9. The average Bonchev–Trinajstić information content (AvgIpc) is 3.10. The van der Waals surface area contributed by atoms with Crippen molar-refractivity contribution in [1.29, 1.82) is 0 Å². The molecule has 0 saturated carbocycles. The van der Waals surface area contributed by atoms with E-state index in [-0.39, 0.29) is 12.5 Å². The molecule has 1 amide bonds. The van der Waals surface area contributed by atoms with Crippen LogP contribution in [-0.2, 0) is 25.6 Å². The van der Waals surface area contributed by atoms with Gasteiger partial charge in [0.15, 0.2) is 0 Å². The predicted molar refractivity (Wildman–Crippen MR) is 114 cm³/mol. The van der Waals surface area contributed by atoms with Gasteiger partial charge >= 0.3 is 12.1 Å². The van der Waals surface area contributed by atoms with E-state index in [9.17, 15) is 18.0 Å². The molecule has 1 N–H and O–H groups in total. The Morgan fingerprint density at radius 2 is 2.06 bits per heavy atom. The highest BCUT2D eigenvalue weighted by atomic mass is 32.1. The van der Waals surface area contributed by atoms with Gasteiger partial charge in [0, 0.05) is 36.9 Å². The quantitative estimate of drug-likeness (QED) is 0.712. The molecule has 0 bridgehead atoms. The summed E-state index contributed by atoms with van der Waals surface area (Å²) in [7, 11) is 0. The van der Waals surface area contributed by atoms with E-state index in [0.717, 1.165) is 24.6 Å². The highest BCUT2D eigenvalue weighted by Crippen LogP contribution is 2.31. The van der Waals surface area contributed by atoms with Gasteiger partial charge in [-0.2, -0.15) is 13.2 Å². The summed E-state index contributed by atoms with van der Waals surface area (Å²) in [4.78, 5) is 30.9. The number of carboxylic acids is 1. The highest BCUT2D eigenvalue weighted by molar-refractivity contribution is 7.16. The fourth-order valence-electron chi connectivity index (χ4n) is 3.53. The molecule has 4 rings (SSSR count). The molecule has 4 heterocycles.